The molecule has 0 radical (unpaired) electrons. The molecule has 7 rings (SSSR count). The van der Waals surface area contributed by atoms with Crippen LogP contribution >= 0.6 is 0 Å². The van der Waals surface area contributed by atoms with Crippen LogP contribution in [0.3, 0.4) is 0 Å². The Morgan fingerprint density at radius 2 is 1.55 bits per heavy atom. The summed E-state index contributed by atoms with van der Waals surface area (Å²) in [5.41, 5.74) is 8.83. The summed E-state index contributed by atoms with van der Waals surface area (Å²) in [6, 6.07) is 23.9. The van der Waals surface area contributed by atoms with Crippen LogP contribution in [0.2, 0.25) is 0 Å². The molecule has 1 heteroatoms. The van der Waals surface area contributed by atoms with Gasteiger partial charge in [-0.05, 0) is 58.4 Å². The normalized spacial score (nSPS) is 17.3. The molecule has 2 aliphatic rings. The summed E-state index contributed by atoms with van der Waals surface area (Å²) in [4.78, 5) is 0. The SMILES string of the molecule is C1=CCC(c2c3c(c(-c4cccc5c4oc4ccccc45)c4ccccc24)CCC=C3)C=C1. The molecule has 0 N–H and O–H groups in total. The maximum atomic E-state index is 6.49. The molecule has 0 spiro atoms. The molecule has 0 aliphatic heterocycles. The van der Waals surface area contributed by atoms with Crippen molar-refractivity contribution in [2.24, 2.45) is 0 Å². The predicted octanol–water partition coefficient (Wildman–Crippen LogP) is 8.97. The lowest BCUT2D eigenvalue weighted by molar-refractivity contribution is 0.670. The smallest absolute Gasteiger partial charge is 0.143 e. The molecule has 1 aromatic heterocycles. The van der Waals surface area contributed by atoms with Gasteiger partial charge in [0, 0.05) is 22.3 Å². The number of furan rings is 1. The highest BCUT2D eigenvalue weighted by Gasteiger charge is 2.25. The van der Waals surface area contributed by atoms with E-state index in [9.17, 15) is 0 Å². The Balaban J connectivity index is 1.62. The standard InChI is InChI=1S/C32H24O/c1-2-11-21(12-3-1)30-23-14-4-6-16-25(23)31(26-17-7-5-15-24(26)30)28-19-10-18-27-22-13-8-9-20-29(22)33-32(27)28/h1-6,8-11,13-16,18-21H,7,12,17H2. The summed E-state index contributed by atoms with van der Waals surface area (Å²) in [5.74, 6) is 0.410. The van der Waals surface area contributed by atoms with E-state index in [0.717, 1.165) is 30.4 Å². The zero-order chi connectivity index (χ0) is 21.8. The van der Waals surface area contributed by atoms with Crippen LogP contribution in [0.15, 0.2) is 102 Å². The summed E-state index contributed by atoms with van der Waals surface area (Å²) in [5, 5.41) is 5.06. The Hall–Kier alpha value is -3.84. The topological polar surface area (TPSA) is 13.1 Å². The van der Waals surface area contributed by atoms with Crippen molar-refractivity contribution in [1.29, 1.82) is 0 Å². The van der Waals surface area contributed by atoms with E-state index in [1.165, 1.54) is 49.4 Å². The van der Waals surface area contributed by atoms with Gasteiger partial charge in [0.2, 0.25) is 0 Å². The summed E-state index contributed by atoms with van der Waals surface area (Å²) >= 11 is 0. The maximum Gasteiger partial charge on any atom is 0.143 e. The molecule has 1 unspecified atom stereocenters. The molecule has 33 heavy (non-hydrogen) atoms. The first-order chi connectivity index (χ1) is 16.4. The van der Waals surface area contributed by atoms with Gasteiger partial charge in [0.05, 0.1) is 0 Å². The lowest BCUT2D eigenvalue weighted by atomic mass is 9.77. The number of fused-ring (bicyclic) bond motifs is 5. The van der Waals surface area contributed by atoms with E-state index in [1.807, 2.05) is 6.07 Å². The van der Waals surface area contributed by atoms with Crippen LogP contribution in [-0.4, -0.2) is 0 Å². The highest BCUT2D eigenvalue weighted by atomic mass is 16.3. The second kappa shape index (κ2) is 7.35. The molecular formula is C32H24O. The summed E-state index contributed by atoms with van der Waals surface area (Å²) in [7, 11) is 0. The van der Waals surface area contributed by atoms with E-state index in [4.69, 9.17) is 4.42 Å². The lowest BCUT2D eigenvalue weighted by Crippen LogP contribution is -2.08. The molecule has 1 heterocycles. The Morgan fingerprint density at radius 1 is 0.727 bits per heavy atom. The predicted molar refractivity (Wildman–Crippen MR) is 140 cm³/mol. The highest BCUT2D eigenvalue weighted by molar-refractivity contribution is 6.13. The molecule has 4 aromatic carbocycles. The molecule has 0 saturated heterocycles. The van der Waals surface area contributed by atoms with E-state index in [2.05, 4.69) is 97.1 Å². The minimum Gasteiger partial charge on any atom is -0.455 e. The molecule has 158 valence electrons. The monoisotopic (exact) mass is 424 g/mol. The summed E-state index contributed by atoms with van der Waals surface area (Å²) in [6.07, 6.45) is 16.9. The Morgan fingerprint density at radius 3 is 2.42 bits per heavy atom. The van der Waals surface area contributed by atoms with Gasteiger partial charge in [0.25, 0.3) is 0 Å². The number of rotatable bonds is 2. The number of benzene rings is 4. The van der Waals surface area contributed by atoms with Crippen LogP contribution in [0.25, 0.3) is 49.9 Å². The first kappa shape index (κ1) is 18.7. The van der Waals surface area contributed by atoms with Gasteiger partial charge < -0.3 is 4.42 Å². The fourth-order valence-corrected chi connectivity index (χ4v) is 5.87. The van der Waals surface area contributed by atoms with Crippen molar-refractivity contribution in [2.75, 3.05) is 0 Å². The number of hydrogen-bond acceptors (Lipinski definition) is 1. The summed E-state index contributed by atoms with van der Waals surface area (Å²) in [6.45, 7) is 0. The average Bonchev–Trinajstić information content (AvgIpc) is 3.27. The van der Waals surface area contributed by atoms with Gasteiger partial charge in [-0.2, -0.15) is 0 Å². The first-order valence-corrected chi connectivity index (χ1v) is 11.9. The van der Waals surface area contributed by atoms with Crippen molar-refractivity contribution in [3.05, 3.63) is 114 Å². The van der Waals surface area contributed by atoms with Crippen LogP contribution < -0.4 is 0 Å². The Bertz CT molecular complexity index is 1640. The third-order valence-electron chi connectivity index (χ3n) is 7.27. The molecule has 0 bridgehead atoms. The minimum atomic E-state index is 0.410. The van der Waals surface area contributed by atoms with E-state index < -0.39 is 0 Å². The van der Waals surface area contributed by atoms with E-state index in [-0.39, 0.29) is 0 Å². The van der Waals surface area contributed by atoms with Crippen LogP contribution in [0.4, 0.5) is 0 Å². The van der Waals surface area contributed by atoms with Gasteiger partial charge in [-0.1, -0.05) is 97.1 Å². The molecule has 5 aromatic rings. The van der Waals surface area contributed by atoms with Gasteiger partial charge in [-0.25, -0.2) is 0 Å². The number of allylic oxidation sites excluding steroid dienone is 5. The Kier molecular flexibility index (Phi) is 4.17. The van der Waals surface area contributed by atoms with E-state index in [0.29, 0.717) is 5.92 Å². The molecule has 0 saturated carbocycles. The van der Waals surface area contributed by atoms with Gasteiger partial charge in [0.15, 0.2) is 0 Å². The minimum absolute atomic E-state index is 0.410. The van der Waals surface area contributed by atoms with Gasteiger partial charge in [-0.3, -0.25) is 0 Å². The van der Waals surface area contributed by atoms with Crippen LogP contribution in [0, 0.1) is 0 Å². The van der Waals surface area contributed by atoms with Crippen LogP contribution in [0.5, 0.6) is 0 Å². The van der Waals surface area contributed by atoms with Crippen molar-refractivity contribution >= 4 is 38.8 Å². The molecular weight excluding hydrogens is 400 g/mol. The van der Waals surface area contributed by atoms with Crippen molar-refractivity contribution < 1.29 is 4.42 Å². The Labute approximate surface area is 193 Å². The van der Waals surface area contributed by atoms with Crippen LogP contribution in [0.1, 0.15) is 35.4 Å². The second-order valence-corrected chi connectivity index (χ2v) is 9.10. The zero-order valence-corrected chi connectivity index (χ0v) is 18.4. The largest absolute Gasteiger partial charge is 0.455 e. The third kappa shape index (κ3) is 2.79. The molecule has 0 amide bonds. The van der Waals surface area contributed by atoms with Gasteiger partial charge >= 0.3 is 0 Å². The van der Waals surface area contributed by atoms with Crippen molar-refractivity contribution in [3.63, 3.8) is 0 Å². The lowest BCUT2D eigenvalue weighted by Gasteiger charge is -2.27. The zero-order valence-electron chi connectivity index (χ0n) is 18.4. The highest BCUT2D eigenvalue weighted by Crippen LogP contribution is 2.46. The number of hydrogen-bond donors (Lipinski definition) is 0. The molecule has 1 nitrogen and oxygen atoms in total. The molecule has 2 aliphatic carbocycles. The van der Waals surface area contributed by atoms with E-state index >= 15 is 0 Å². The maximum absolute atomic E-state index is 6.49. The van der Waals surface area contributed by atoms with E-state index in [1.54, 1.807) is 0 Å². The van der Waals surface area contributed by atoms with Gasteiger partial charge in [0.1, 0.15) is 11.2 Å². The fourth-order valence-electron chi connectivity index (χ4n) is 5.87. The number of para-hydroxylation sites is 2. The molecule has 0 fully saturated rings. The fraction of sp³-hybridized carbons (Fsp3) is 0.125. The van der Waals surface area contributed by atoms with Crippen molar-refractivity contribution in [1.82, 2.24) is 0 Å². The quantitative estimate of drug-likeness (QED) is 0.276. The first-order valence-electron chi connectivity index (χ1n) is 11.9. The summed E-state index contributed by atoms with van der Waals surface area (Å²) < 4.78 is 6.49. The van der Waals surface area contributed by atoms with Gasteiger partial charge in [-0.15, -0.1) is 0 Å². The third-order valence-corrected chi connectivity index (χ3v) is 7.27. The van der Waals surface area contributed by atoms with Crippen molar-refractivity contribution in [3.8, 4) is 11.1 Å². The van der Waals surface area contributed by atoms with Crippen molar-refractivity contribution in [2.45, 2.75) is 25.2 Å². The molecule has 1 atom stereocenters. The van der Waals surface area contributed by atoms with Crippen LogP contribution in [-0.2, 0) is 6.42 Å². The second-order valence-electron chi connectivity index (χ2n) is 9.10. The average molecular weight is 425 g/mol.